The van der Waals surface area contributed by atoms with Gasteiger partial charge in [-0.3, -0.25) is 0 Å². The molecule has 0 saturated carbocycles. The lowest BCUT2D eigenvalue weighted by Gasteiger charge is -2.39. The summed E-state index contributed by atoms with van der Waals surface area (Å²) < 4.78 is 25.8. The number of halogens is 2. The van der Waals surface area contributed by atoms with Crippen molar-refractivity contribution in [3.63, 3.8) is 0 Å². The molecule has 2 rings (SSSR count). The lowest BCUT2D eigenvalue weighted by Crippen LogP contribution is -2.50. The molecule has 8 heteroatoms. The standard InChI is InChI=1S/C12H25N3O2S.2ClH/c1-2-18(16,17)14-11-5-9-15(10-6-11)12-3-7-13-8-4-12;;/h11-14H,2-10H2,1H3;2*1H. The number of hydrogen-bond acceptors (Lipinski definition) is 4. The minimum Gasteiger partial charge on any atom is -0.317 e. The molecule has 0 unspecified atom stereocenters. The molecular weight excluding hydrogens is 321 g/mol. The van der Waals surface area contributed by atoms with E-state index in [0.717, 1.165) is 39.0 Å². The Morgan fingerprint density at radius 1 is 1.10 bits per heavy atom. The van der Waals surface area contributed by atoms with Crippen molar-refractivity contribution in [3.8, 4) is 0 Å². The van der Waals surface area contributed by atoms with Gasteiger partial charge in [0.05, 0.1) is 5.75 Å². The van der Waals surface area contributed by atoms with Crippen LogP contribution in [0.3, 0.4) is 0 Å². The van der Waals surface area contributed by atoms with Crippen molar-refractivity contribution in [2.24, 2.45) is 0 Å². The highest BCUT2D eigenvalue weighted by molar-refractivity contribution is 7.89. The molecule has 0 aliphatic carbocycles. The molecular formula is C12H27Cl2N3O2S. The zero-order chi connectivity index (χ0) is 13.0. The smallest absolute Gasteiger partial charge is 0.211 e. The highest BCUT2D eigenvalue weighted by Gasteiger charge is 2.27. The van der Waals surface area contributed by atoms with E-state index in [0.29, 0.717) is 6.04 Å². The molecule has 2 N–H and O–H groups in total. The summed E-state index contributed by atoms with van der Waals surface area (Å²) in [5.74, 6) is 0.182. The quantitative estimate of drug-likeness (QED) is 0.795. The molecule has 0 bridgehead atoms. The number of nitrogens with one attached hydrogen (secondary N) is 2. The summed E-state index contributed by atoms with van der Waals surface area (Å²) >= 11 is 0. The van der Waals surface area contributed by atoms with E-state index in [-0.39, 0.29) is 36.6 Å². The topological polar surface area (TPSA) is 61.4 Å². The molecule has 2 aliphatic heterocycles. The Balaban J connectivity index is 0.00000180. The van der Waals surface area contributed by atoms with Crippen LogP contribution in [0.1, 0.15) is 32.6 Å². The van der Waals surface area contributed by atoms with Gasteiger partial charge in [0.15, 0.2) is 0 Å². The summed E-state index contributed by atoms with van der Waals surface area (Å²) in [5, 5.41) is 3.38. The second-order valence-electron chi connectivity index (χ2n) is 5.31. The summed E-state index contributed by atoms with van der Waals surface area (Å²) in [6.07, 6.45) is 4.35. The van der Waals surface area contributed by atoms with Gasteiger partial charge in [0.2, 0.25) is 10.0 Å². The van der Waals surface area contributed by atoms with E-state index in [1.165, 1.54) is 12.8 Å². The van der Waals surface area contributed by atoms with E-state index in [1.54, 1.807) is 6.92 Å². The van der Waals surface area contributed by atoms with Crippen molar-refractivity contribution in [1.82, 2.24) is 14.9 Å². The van der Waals surface area contributed by atoms with Crippen molar-refractivity contribution >= 4 is 34.8 Å². The van der Waals surface area contributed by atoms with Crippen molar-refractivity contribution in [1.29, 1.82) is 0 Å². The van der Waals surface area contributed by atoms with E-state index >= 15 is 0 Å². The highest BCUT2D eigenvalue weighted by Crippen LogP contribution is 2.18. The zero-order valence-corrected chi connectivity index (χ0v) is 14.5. The van der Waals surface area contributed by atoms with Crippen molar-refractivity contribution in [2.45, 2.75) is 44.7 Å². The largest absolute Gasteiger partial charge is 0.317 e. The fourth-order valence-corrected chi connectivity index (χ4v) is 3.80. The maximum absolute atomic E-state index is 11.5. The predicted molar refractivity (Wildman–Crippen MR) is 87.6 cm³/mol. The third-order valence-electron chi connectivity index (χ3n) is 4.08. The van der Waals surface area contributed by atoms with E-state index in [4.69, 9.17) is 0 Å². The fraction of sp³-hybridized carbons (Fsp3) is 1.00. The monoisotopic (exact) mass is 347 g/mol. The van der Waals surface area contributed by atoms with Crippen molar-refractivity contribution in [3.05, 3.63) is 0 Å². The maximum atomic E-state index is 11.5. The molecule has 0 aromatic heterocycles. The van der Waals surface area contributed by atoms with Crippen LogP contribution in [-0.2, 0) is 10.0 Å². The second kappa shape index (κ2) is 9.43. The van der Waals surface area contributed by atoms with Crippen LogP contribution in [0.15, 0.2) is 0 Å². The lowest BCUT2D eigenvalue weighted by atomic mass is 9.99. The summed E-state index contributed by atoms with van der Waals surface area (Å²) in [6.45, 7) is 5.98. The van der Waals surface area contributed by atoms with Crippen LogP contribution in [0.4, 0.5) is 0 Å². The van der Waals surface area contributed by atoms with Gasteiger partial charge in [0.25, 0.3) is 0 Å². The Labute approximate surface area is 135 Å². The normalized spacial score (nSPS) is 22.9. The minimum atomic E-state index is -3.04. The number of rotatable bonds is 4. The van der Waals surface area contributed by atoms with Gasteiger partial charge in [0.1, 0.15) is 0 Å². The molecule has 2 heterocycles. The zero-order valence-electron chi connectivity index (χ0n) is 12.0. The van der Waals surface area contributed by atoms with Crippen LogP contribution in [0.5, 0.6) is 0 Å². The molecule has 0 atom stereocenters. The first-order valence-electron chi connectivity index (χ1n) is 7.05. The van der Waals surface area contributed by atoms with E-state index < -0.39 is 10.0 Å². The molecule has 0 spiro atoms. The Kier molecular flexibility index (Phi) is 9.63. The van der Waals surface area contributed by atoms with Crippen molar-refractivity contribution in [2.75, 3.05) is 31.9 Å². The Morgan fingerprint density at radius 3 is 2.15 bits per heavy atom. The third kappa shape index (κ3) is 6.03. The lowest BCUT2D eigenvalue weighted by molar-refractivity contribution is 0.125. The van der Waals surface area contributed by atoms with Crippen LogP contribution < -0.4 is 10.0 Å². The van der Waals surface area contributed by atoms with Gasteiger partial charge >= 0.3 is 0 Å². The summed E-state index contributed by atoms with van der Waals surface area (Å²) in [7, 11) is -3.04. The molecule has 0 amide bonds. The first kappa shape index (κ1) is 20.4. The van der Waals surface area contributed by atoms with Crippen LogP contribution >= 0.6 is 24.8 Å². The number of piperidine rings is 2. The molecule has 122 valence electrons. The third-order valence-corrected chi connectivity index (χ3v) is 5.53. The second-order valence-corrected chi connectivity index (χ2v) is 7.36. The average Bonchev–Trinajstić information content (AvgIpc) is 2.40. The van der Waals surface area contributed by atoms with E-state index in [2.05, 4.69) is 14.9 Å². The average molecular weight is 348 g/mol. The predicted octanol–water partition coefficient (Wildman–Crippen LogP) is 0.986. The van der Waals surface area contributed by atoms with Gasteiger partial charge in [0, 0.05) is 12.1 Å². The van der Waals surface area contributed by atoms with Crippen LogP contribution in [0.2, 0.25) is 0 Å². The fourth-order valence-electron chi connectivity index (χ4n) is 2.89. The minimum absolute atomic E-state index is 0. The summed E-state index contributed by atoms with van der Waals surface area (Å²) in [6, 6.07) is 0.850. The Morgan fingerprint density at radius 2 is 1.65 bits per heavy atom. The van der Waals surface area contributed by atoms with Crippen molar-refractivity contribution < 1.29 is 8.42 Å². The molecule has 0 aromatic carbocycles. The number of hydrogen-bond donors (Lipinski definition) is 2. The SMILES string of the molecule is CCS(=O)(=O)NC1CCN(C2CCNCC2)CC1.Cl.Cl. The first-order valence-corrected chi connectivity index (χ1v) is 8.70. The number of likely N-dealkylation sites (tertiary alicyclic amines) is 1. The van der Waals surface area contributed by atoms with E-state index in [1.807, 2.05) is 0 Å². The molecule has 0 aromatic rings. The summed E-state index contributed by atoms with van der Waals surface area (Å²) in [4.78, 5) is 2.54. The van der Waals surface area contributed by atoms with Gasteiger partial charge in [-0.2, -0.15) is 0 Å². The van der Waals surface area contributed by atoms with Gasteiger partial charge in [-0.1, -0.05) is 0 Å². The van der Waals surface area contributed by atoms with Gasteiger partial charge in [-0.05, 0) is 58.8 Å². The molecule has 2 fully saturated rings. The summed E-state index contributed by atoms with van der Waals surface area (Å²) in [5.41, 5.74) is 0. The van der Waals surface area contributed by atoms with Crippen LogP contribution in [-0.4, -0.2) is 57.3 Å². The molecule has 5 nitrogen and oxygen atoms in total. The van der Waals surface area contributed by atoms with Gasteiger partial charge in [-0.15, -0.1) is 24.8 Å². The molecule has 2 saturated heterocycles. The number of sulfonamides is 1. The molecule has 20 heavy (non-hydrogen) atoms. The van der Waals surface area contributed by atoms with Crippen LogP contribution in [0, 0.1) is 0 Å². The molecule has 0 radical (unpaired) electrons. The Hall–Kier alpha value is 0.410. The van der Waals surface area contributed by atoms with Crippen LogP contribution in [0.25, 0.3) is 0 Å². The maximum Gasteiger partial charge on any atom is 0.211 e. The van der Waals surface area contributed by atoms with Gasteiger partial charge < -0.3 is 10.2 Å². The van der Waals surface area contributed by atoms with E-state index in [9.17, 15) is 8.42 Å². The van der Waals surface area contributed by atoms with Gasteiger partial charge in [-0.25, -0.2) is 13.1 Å². The first-order chi connectivity index (χ1) is 8.61. The molecule has 2 aliphatic rings. The Bertz CT molecular complexity index is 354. The number of nitrogens with zero attached hydrogens (tertiary/aromatic N) is 1. The highest BCUT2D eigenvalue weighted by atomic mass is 35.5.